The summed E-state index contributed by atoms with van der Waals surface area (Å²) in [7, 11) is 2.04. The van der Waals surface area contributed by atoms with E-state index in [0.29, 0.717) is 0 Å². The van der Waals surface area contributed by atoms with E-state index in [2.05, 4.69) is 9.59 Å². The van der Waals surface area contributed by atoms with Crippen LogP contribution < -0.4 is 0 Å². The molecule has 2 rings (SSSR count). The van der Waals surface area contributed by atoms with Crippen LogP contribution in [0.5, 0.6) is 0 Å². The minimum absolute atomic E-state index is 0.231. The van der Waals surface area contributed by atoms with Gasteiger partial charge in [-0.25, -0.2) is 4.39 Å². The van der Waals surface area contributed by atoms with Crippen LogP contribution in [0.4, 0.5) is 4.39 Å². The Kier molecular flexibility index (Phi) is 2.59. The Balaban J connectivity index is 2.55. The van der Waals surface area contributed by atoms with E-state index in [1.54, 1.807) is 6.07 Å². The molecule has 14 heavy (non-hydrogen) atoms. The van der Waals surface area contributed by atoms with Gasteiger partial charge in [0.15, 0.2) is 0 Å². The summed E-state index contributed by atoms with van der Waals surface area (Å²) in [6, 6.07) is 4.78. The van der Waals surface area contributed by atoms with E-state index in [1.165, 1.54) is 23.7 Å². The molecule has 0 aliphatic rings. The molecule has 0 unspecified atom stereocenters. The van der Waals surface area contributed by atoms with Crippen molar-refractivity contribution in [1.29, 1.82) is 0 Å². The van der Waals surface area contributed by atoms with E-state index in [4.69, 9.17) is 0 Å². The maximum absolute atomic E-state index is 13.0. The molecule has 0 radical (unpaired) electrons. The highest BCUT2D eigenvalue weighted by molar-refractivity contribution is 7.03. The molecule has 0 aliphatic carbocycles. The maximum Gasteiger partial charge on any atom is 0.123 e. The zero-order chi connectivity index (χ0) is 9.97. The first kappa shape index (κ1) is 9.33. The number of nitrogens with zero attached hydrogens (tertiary/aromatic N) is 2. The van der Waals surface area contributed by atoms with Crippen LogP contribution >= 0.6 is 11.5 Å². The van der Waals surface area contributed by atoms with E-state index in [1.807, 2.05) is 13.2 Å². The van der Waals surface area contributed by atoms with Crippen molar-refractivity contribution in [3.63, 3.8) is 0 Å². The largest absolute Gasteiger partial charge is 0.207 e. The molecule has 0 bridgehead atoms. The smallest absolute Gasteiger partial charge is 0.123 e. The first-order valence-electron chi connectivity index (χ1n) is 4.37. The molecular weight excluding hydrogens is 198 g/mol. The van der Waals surface area contributed by atoms with Gasteiger partial charge in [-0.05, 0) is 29.2 Å². The maximum atomic E-state index is 13.0. The van der Waals surface area contributed by atoms with E-state index in [-0.39, 0.29) is 5.82 Å². The molecule has 0 spiro atoms. The lowest BCUT2D eigenvalue weighted by Gasteiger charge is -2.03. The molecule has 0 N–H and O–H groups in total. The normalized spacial score (nSPS) is 10.4. The fourth-order valence-corrected chi connectivity index (χ4v) is 1.83. The van der Waals surface area contributed by atoms with Crippen molar-refractivity contribution in [3.8, 4) is 11.3 Å². The molecule has 2 nitrogen and oxygen atoms in total. The second-order valence-corrected chi connectivity index (χ2v) is 3.55. The molecule has 2 aromatic rings. The van der Waals surface area contributed by atoms with Gasteiger partial charge in [-0.3, -0.25) is 0 Å². The first-order chi connectivity index (χ1) is 6.81. The summed E-state index contributed by atoms with van der Waals surface area (Å²) in [5.74, 6) is -0.231. The summed E-state index contributed by atoms with van der Waals surface area (Å²) in [6.45, 7) is 0. The third-order valence-corrected chi connectivity index (χ3v) is 2.59. The van der Waals surface area contributed by atoms with Gasteiger partial charge in [0.25, 0.3) is 0 Å². The summed E-state index contributed by atoms with van der Waals surface area (Å²) in [5.41, 5.74) is 2.70. The highest BCUT2D eigenvalue weighted by Crippen LogP contribution is 2.23. The highest BCUT2D eigenvalue weighted by atomic mass is 32.1. The van der Waals surface area contributed by atoms with E-state index in [9.17, 15) is 4.39 Å². The van der Waals surface area contributed by atoms with Crippen LogP contribution in [-0.4, -0.2) is 17.4 Å². The van der Waals surface area contributed by atoms with Crippen molar-refractivity contribution < 1.29 is 4.39 Å². The molecule has 1 aromatic heterocycles. The Morgan fingerprint density at radius 2 is 2.29 bits per heavy atom. The molecule has 0 aliphatic heterocycles. The Labute approximate surface area is 86.4 Å². The highest BCUT2D eigenvalue weighted by Gasteiger charge is 2.07. The van der Waals surface area contributed by atoms with Crippen LogP contribution in [0.3, 0.4) is 0 Å². The van der Waals surface area contributed by atoms with Crippen LogP contribution in [0.15, 0.2) is 23.6 Å². The fourth-order valence-electron chi connectivity index (χ4n) is 1.38. The van der Waals surface area contributed by atoms with Gasteiger partial charge in [0.2, 0.25) is 0 Å². The Morgan fingerprint density at radius 3 is 2.93 bits per heavy atom. The number of hydrogen-bond acceptors (Lipinski definition) is 3. The van der Waals surface area contributed by atoms with Gasteiger partial charge < -0.3 is 0 Å². The van der Waals surface area contributed by atoms with E-state index >= 15 is 0 Å². The monoisotopic (exact) mass is 206 g/mol. The van der Waals surface area contributed by atoms with Crippen molar-refractivity contribution in [2.75, 3.05) is 0 Å². The average molecular weight is 206 g/mol. The zero-order valence-corrected chi connectivity index (χ0v) is 8.51. The topological polar surface area (TPSA) is 25.8 Å². The molecule has 0 amide bonds. The average Bonchev–Trinajstić information content (AvgIpc) is 2.70. The predicted molar refractivity (Wildman–Crippen MR) is 57.6 cm³/mol. The molecule has 0 saturated carbocycles. The van der Waals surface area contributed by atoms with Crippen molar-refractivity contribution >= 4 is 19.4 Å². The fraction of sp³-hybridized carbons (Fsp3) is 0.111. The molecule has 1 heterocycles. The van der Waals surface area contributed by atoms with Gasteiger partial charge in [0.1, 0.15) is 19.4 Å². The summed E-state index contributed by atoms with van der Waals surface area (Å²) < 4.78 is 16.8. The third-order valence-electron chi connectivity index (χ3n) is 2.09. The summed E-state index contributed by atoms with van der Waals surface area (Å²) >= 11 is 1.28. The van der Waals surface area contributed by atoms with Gasteiger partial charge in [-0.2, -0.15) is 0 Å². The van der Waals surface area contributed by atoms with Crippen LogP contribution in [0.1, 0.15) is 5.56 Å². The van der Waals surface area contributed by atoms with Crippen LogP contribution in [0.25, 0.3) is 11.3 Å². The summed E-state index contributed by atoms with van der Waals surface area (Å²) in [6.07, 6.45) is 0.868. The lowest BCUT2D eigenvalue weighted by Crippen LogP contribution is -1.91. The van der Waals surface area contributed by atoms with Crippen molar-refractivity contribution in [2.45, 2.75) is 6.32 Å². The minimum atomic E-state index is -0.231. The number of aromatic nitrogens is 2. The zero-order valence-electron chi connectivity index (χ0n) is 7.70. The molecule has 5 heteroatoms. The van der Waals surface area contributed by atoms with Crippen LogP contribution in [0, 0.1) is 5.82 Å². The lowest BCUT2D eigenvalue weighted by atomic mass is 9.92. The molecule has 1 aromatic carbocycles. The Bertz CT molecular complexity index is 430. The molecule has 0 atom stereocenters. The second kappa shape index (κ2) is 3.88. The quantitative estimate of drug-likeness (QED) is 0.695. The van der Waals surface area contributed by atoms with Gasteiger partial charge in [0, 0.05) is 10.9 Å². The van der Waals surface area contributed by atoms with Crippen molar-refractivity contribution in [3.05, 3.63) is 35.0 Å². The SMILES string of the molecule is BCc1ccc(F)cc1-c1csnn1. The summed E-state index contributed by atoms with van der Waals surface area (Å²) in [4.78, 5) is 0. The van der Waals surface area contributed by atoms with Gasteiger partial charge in [0.05, 0.1) is 0 Å². The first-order valence-corrected chi connectivity index (χ1v) is 5.20. The van der Waals surface area contributed by atoms with Crippen molar-refractivity contribution in [2.24, 2.45) is 0 Å². The number of benzene rings is 1. The Hall–Kier alpha value is -1.23. The van der Waals surface area contributed by atoms with Crippen molar-refractivity contribution in [1.82, 2.24) is 9.59 Å². The van der Waals surface area contributed by atoms with Gasteiger partial charge in [-0.15, -0.1) is 5.10 Å². The second-order valence-electron chi connectivity index (χ2n) is 2.95. The van der Waals surface area contributed by atoms with Gasteiger partial charge >= 0.3 is 0 Å². The third kappa shape index (κ3) is 1.68. The molecule has 0 fully saturated rings. The molecule has 0 saturated heterocycles. The van der Waals surface area contributed by atoms with Crippen LogP contribution in [0.2, 0.25) is 0 Å². The van der Waals surface area contributed by atoms with E-state index in [0.717, 1.165) is 23.1 Å². The Morgan fingerprint density at radius 1 is 1.43 bits per heavy atom. The predicted octanol–water partition coefficient (Wildman–Crippen LogP) is 1.48. The van der Waals surface area contributed by atoms with Crippen LogP contribution in [-0.2, 0) is 6.32 Å². The molecular formula is C9H8BFN2S. The standard InChI is InChI=1S/C9H8BFN2S/c10-4-6-1-2-7(11)3-8(6)9-5-14-13-12-9/h1-3,5H,4,10H2. The minimum Gasteiger partial charge on any atom is -0.207 e. The van der Waals surface area contributed by atoms with Gasteiger partial charge in [-0.1, -0.05) is 16.9 Å². The molecule has 70 valence electrons. The summed E-state index contributed by atoms with van der Waals surface area (Å²) in [5, 5.41) is 5.77. The number of halogens is 1. The van der Waals surface area contributed by atoms with E-state index < -0.39 is 0 Å². The number of rotatable bonds is 2. The lowest BCUT2D eigenvalue weighted by molar-refractivity contribution is 0.628. The number of hydrogen-bond donors (Lipinski definition) is 0.